The fourth-order valence-corrected chi connectivity index (χ4v) is 7.05. The molecule has 0 radical (unpaired) electrons. The highest BCUT2D eigenvalue weighted by Gasteiger charge is 2.59. The molecule has 3 rings (SSSR count). The van der Waals surface area contributed by atoms with Crippen molar-refractivity contribution in [3.63, 3.8) is 0 Å². The van der Waals surface area contributed by atoms with Crippen LogP contribution in [0.2, 0.25) is 0 Å². The zero-order valence-electron chi connectivity index (χ0n) is 18.5. The summed E-state index contributed by atoms with van der Waals surface area (Å²) < 4.78 is 78.5. The van der Waals surface area contributed by atoms with Crippen molar-refractivity contribution >= 4 is 26.8 Å². The molecule has 13 heteroatoms. The maximum atomic E-state index is 11.9. The van der Waals surface area contributed by atoms with Crippen LogP contribution in [-0.2, 0) is 38.7 Å². The molecule has 11 nitrogen and oxygen atoms in total. The van der Waals surface area contributed by atoms with Gasteiger partial charge in [-0.3, -0.25) is 9.11 Å². The second-order valence-corrected chi connectivity index (χ2v) is 11.7. The molecule has 0 bridgehead atoms. The van der Waals surface area contributed by atoms with Crippen molar-refractivity contribution < 1.29 is 48.9 Å². The summed E-state index contributed by atoms with van der Waals surface area (Å²) in [6, 6.07) is 0. The summed E-state index contributed by atoms with van der Waals surface area (Å²) in [5, 5.41) is 9.99. The molecule has 0 aromatic rings. The van der Waals surface area contributed by atoms with Gasteiger partial charge in [0.15, 0.2) is 0 Å². The van der Waals surface area contributed by atoms with Gasteiger partial charge in [0, 0.05) is 5.41 Å². The van der Waals surface area contributed by atoms with Gasteiger partial charge in [-0.1, -0.05) is 32.1 Å². The Hall–Kier alpha value is -1.35. The molecule has 0 unspecified atom stereocenters. The van der Waals surface area contributed by atoms with Crippen LogP contribution in [0.25, 0.3) is 0 Å². The van der Waals surface area contributed by atoms with Gasteiger partial charge in [-0.25, -0.2) is 13.2 Å². The predicted octanol–water partition coefficient (Wildman–Crippen LogP) is 1.62. The molecule has 0 amide bonds. The van der Waals surface area contributed by atoms with E-state index in [9.17, 15) is 31.3 Å². The van der Waals surface area contributed by atoms with Crippen LogP contribution < -0.4 is 0 Å². The van der Waals surface area contributed by atoms with Crippen molar-refractivity contribution in [1.29, 1.82) is 0 Å². The molecule has 1 saturated heterocycles. The minimum Gasteiger partial charge on any atom is -0.459 e. The Morgan fingerprint density at radius 1 is 1.18 bits per heavy atom. The van der Waals surface area contributed by atoms with E-state index in [1.54, 1.807) is 13.0 Å². The number of carbonyl (C=O) groups is 1. The van der Waals surface area contributed by atoms with E-state index in [1.165, 1.54) is 0 Å². The summed E-state index contributed by atoms with van der Waals surface area (Å²) in [6.45, 7) is 7.11. The van der Waals surface area contributed by atoms with Crippen LogP contribution in [0.1, 0.15) is 46.0 Å². The zero-order valence-corrected chi connectivity index (χ0v) is 20.1. The summed E-state index contributed by atoms with van der Waals surface area (Å²) in [6.07, 6.45) is 1.57. The Bertz CT molecular complexity index is 1050. The first kappa shape index (κ1) is 26.3. The van der Waals surface area contributed by atoms with Crippen molar-refractivity contribution in [1.82, 2.24) is 0 Å². The van der Waals surface area contributed by atoms with Crippen LogP contribution in [0.5, 0.6) is 0 Å². The number of hydrogen-bond donors (Lipinski definition) is 3. The van der Waals surface area contributed by atoms with Crippen molar-refractivity contribution in [2.24, 2.45) is 22.7 Å². The molecule has 0 spiro atoms. The third-order valence-corrected chi connectivity index (χ3v) is 8.50. The molecular weight excluding hydrogens is 480 g/mol. The number of rotatable bonds is 7. The molecule has 3 aliphatic rings. The van der Waals surface area contributed by atoms with E-state index in [-0.39, 0.29) is 30.4 Å². The van der Waals surface area contributed by atoms with E-state index < -0.39 is 56.4 Å². The predicted molar refractivity (Wildman–Crippen MR) is 114 cm³/mol. The first-order valence-corrected chi connectivity index (χ1v) is 13.3. The summed E-state index contributed by atoms with van der Waals surface area (Å²) in [4.78, 5) is 11.9. The van der Waals surface area contributed by atoms with Crippen LogP contribution in [0.3, 0.4) is 0 Å². The van der Waals surface area contributed by atoms with Gasteiger partial charge in [-0.05, 0) is 49.4 Å². The lowest BCUT2D eigenvalue weighted by Crippen LogP contribution is -2.58. The number of ether oxygens (including phenoxy) is 1. The van der Waals surface area contributed by atoms with Gasteiger partial charge < -0.3 is 9.84 Å². The third kappa shape index (κ3) is 5.50. The fourth-order valence-electron chi connectivity index (χ4n) is 6.03. The SMILES string of the molecule is C=C1CC[C@@H]2[C@](C)(COS(=O)(=O)O)[C@H](OS(=O)(=O)O)CC[C@@]2(C)[C@@H]1C/C=C1/C(=O)OC[C@H]1O. The van der Waals surface area contributed by atoms with E-state index in [1.807, 2.05) is 6.92 Å². The molecule has 0 aromatic carbocycles. The Kier molecular flexibility index (Phi) is 7.18. The normalized spacial score (nSPS) is 38.9. The van der Waals surface area contributed by atoms with E-state index in [2.05, 4.69) is 10.8 Å². The lowest BCUT2D eigenvalue weighted by molar-refractivity contribution is -0.139. The molecule has 3 N–H and O–H groups in total. The lowest BCUT2D eigenvalue weighted by atomic mass is 9.46. The minimum atomic E-state index is -4.84. The number of hydrogen-bond acceptors (Lipinski definition) is 9. The average molecular weight is 511 g/mol. The molecule has 2 saturated carbocycles. The number of fused-ring (bicyclic) bond motifs is 1. The van der Waals surface area contributed by atoms with Crippen molar-refractivity contribution in [2.75, 3.05) is 13.2 Å². The Morgan fingerprint density at radius 3 is 2.39 bits per heavy atom. The second kappa shape index (κ2) is 9.02. The van der Waals surface area contributed by atoms with Gasteiger partial charge in [0.05, 0.1) is 18.3 Å². The van der Waals surface area contributed by atoms with Crippen molar-refractivity contribution in [3.05, 3.63) is 23.8 Å². The van der Waals surface area contributed by atoms with Crippen molar-refractivity contribution in [3.8, 4) is 0 Å². The summed E-state index contributed by atoms with van der Waals surface area (Å²) in [7, 11) is -9.66. The zero-order chi connectivity index (χ0) is 24.8. The monoisotopic (exact) mass is 510 g/mol. The molecule has 1 heterocycles. The standard InChI is InChI=1S/C20H30O11S2/c1-12-4-7-16-19(2,14(12)6-5-13-15(21)10-29-18(13)22)9-8-17(31-33(26,27)28)20(16,3)11-30-32(23,24)25/h5,14-17,21H,1,4,6-11H2,2-3H3,(H,23,24,25)(H,26,27,28)/b13-5+/t14-,15-,16+,17-,19+,20+/m1/s1. The second-order valence-electron chi connectivity index (χ2n) is 9.56. The molecule has 1 aliphatic heterocycles. The minimum absolute atomic E-state index is 0.101. The molecule has 6 atom stereocenters. The smallest absolute Gasteiger partial charge is 0.397 e. The summed E-state index contributed by atoms with van der Waals surface area (Å²) in [5.74, 6) is -1.11. The van der Waals surface area contributed by atoms with Crippen LogP contribution in [-0.4, -0.2) is 62.4 Å². The van der Waals surface area contributed by atoms with Crippen LogP contribution in [0.15, 0.2) is 23.8 Å². The molecule has 3 fully saturated rings. The van der Waals surface area contributed by atoms with E-state index >= 15 is 0 Å². The lowest BCUT2D eigenvalue weighted by Gasteiger charge is -2.60. The highest BCUT2D eigenvalue weighted by Crippen LogP contribution is 2.62. The highest BCUT2D eigenvalue weighted by atomic mass is 32.3. The van der Waals surface area contributed by atoms with Crippen molar-refractivity contribution in [2.45, 2.75) is 58.2 Å². The topological polar surface area (TPSA) is 174 Å². The van der Waals surface area contributed by atoms with E-state index in [0.717, 1.165) is 5.57 Å². The van der Waals surface area contributed by atoms with E-state index in [4.69, 9.17) is 13.5 Å². The van der Waals surface area contributed by atoms with E-state index in [0.29, 0.717) is 25.7 Å². The Balaban J connectivity index is 1.97. The highest BCUT2D eigenvalue weighted by molar-refractivity contribution is 7.81. The Morgan fingerprint density at radius 2 is 1.85 bits per heavy atom. The third-order valence-electron chi connectivity index (χ3n) is 7.61. The molecule has 33 heavy (non-hydrogen) atoms. The number of aliphatic hydroxyl groups excluding tert-OH is 1. The number of esters is 1. The summed E-state index contributed by atoms with van der Waals surface area (Å²) in [5.41, 5.74) is -0.653. The largest absolute Gasteiger partial charge is 0.459 e. The molecule has 2 aliphatic carbocycles. The van der Waals surface area contributed by atoms with Crippen LogP contribution in [0, 0.1) is 22.7 Å². The van der Waals surface area contributed by atoms with Gasteiger partial charge in [-0.2, -0.15) is 16.8 Å². The molecule has 188 valence electrons. The fraction of sp³-hybridized carbons (Fsp3) is 0.750. The van der Waals surface area contributed by atoms with Crippen LogP contribution in [0.4, 0.5) is 0 Å². The first-order chi connectivity index (χ1) is 15.1. The quantitative estimate of drug-likeness (QED) is 0.196. The molecule has 0 aromatic heterocycles. The average Bonchev–Trinajstić information content (AvgIpc) is 2.99. The number of carbonyl (C=O) groups excluding carboxylic acids is 1. The van der Waals surface area contributed by atoms with Gasteiger partial charge in [0.25, 0.3) is 0 Å². The maximum absolute atomic E-state index is 11.9. The molecular formula is C20H30O11S2. The first-order valence-electron chi connectivity index (χ1n) is 10.6. The van der Waals surface area contributed by atoms with Gasteiger partial charge in [-0.15, -0.1) is 0 Å². The number of allylic oxidation sites excluding steroid dienone is 2. The number of aliphatic hydroxyl groups is 1. The van der Waals surface area contributed by atoms with Gasteiger partial charge in [0.2, 0.25) is 0 Å². The summed E-state index contributed by atoms with van der Waals surface area (Å²) >= 11 is 0. The van der Waals surface area contributed by atoms with Gasteiger partial charge >= 0.3 is 26.8 Å². The Labute approximate surface area is 193 Å². The van der Waals surface area contributed by atoms with Crippen LogP contribution >= 0.6 is 0 Å². The maximum Gasteiger partial charge on any atom is 0.397 e. The number of cyclic esters (lactones) is 1. The van der Waals surface area contributed by atoms with Gasteiger partial charge in [0.1, 0.15) is 12.7 Å².